The number of hydrogen-bond donors (Lipinski definition) is 1. The number of carbonyl (C=O) groups excluding carboxylic acids is 1. The number of aromatic amines is 1. The quantitative estimate of drug-likeness (QED) is 0.377. The number of carbonyl (C=O) groups is 1. The van der Waals surface area contributed by atoms with Crippen molar-refractivity contribution in [2.45, 2.75) is 29.2 Å². The first-order valence-electron chi connectivity index (χ1n) is 9.43. The van der Waals surface area contributed by atoms with Crippen LogP contribution in [0.2, 0.25) is 0 Å². The second-order valence-corrected chi connectivity index (χ2v) is 8.27. The molecule has 0 saturated heterocycles. The first-order valence-corrected chi connectivity index (χ1v) is 10.3. The van der Waals surface area contributed by atoms with Crippen LogP contribution in [0.5, 0.6) is 0 Å². The zero-order valence-electron chi connectivity index (χ0n) is 15.5. The normalized spacial score (nSPS) is 15.0. The van der Waals surface area contributed by atoms with E-state index >= 15 is 0 Å². The van der Waals surface area contributed by atoms with E-state index in [1.54, 1.807) is 0 Å². The van der Waals surface area contributed by atoms with Crippen molar-refractivity contribution in [2.75, 3.05) is 0 Å². The van der Waals surface area contributed by atoms with Gasteiger partial charge in [0.2, 0.25) is 0 Å². The number of nitrogens with zero attached hydrogens (tertiary/aromatic N) is 3. The molecule has 28 heavy (non-hydrogen) atoms. The van der Waals surface area contributed by atoms with Gasteiger partial charge in [-0.25, -0.2) is 0 Å². The summed E-state index contributed by atoms with van der Waals surface area (Å²) >= 11 is 1.48. The number of H-pyrrole nitrogens is 1. The van der Waals surface area contributed by atoms with Crippen LogP contribution in [0.15, 0.2) is 66.0 Å². The summed E-state index contributed by atoms with van der Waals surface area (Å²) in [5.74, 6) is 1.62. The maximum atomic E-state index is 13.6. The predicted octanol–water partition coefficient (Wildman–Crippen LogP) is 4.89. The molecule has 6 heteroatoms. The van der Waals surface area contributed by atoms with Crippen LogP contribution in [0.25, 0.3) is 10.9 Å². The van der Waals surface area contributed by atoms with Crippen molar-refractivity contribution < 1.29 is 4.79 Å². The van der Waals surface area contributed by atoms with E-state index in [9.17, 15) is 4.79 Å². The maximum absolute atomic E-state index is 13.6. The molecular formula is C22H20N4OS. The Labute approximate surface area is 167 Å². The van der Waals surface area contributed by atoms with Crippen molar-refractivity contribution in [3.05, 3.63) is 77.7 Å². The highest BCUT2D eigenvalue weighted by molar-refractivity contribution is 8.00. The molecule has 5 nitrogen and oxygen atoms in total. The number of aromatic nitrogens is 4. The molecule has 0 amide bonds. The second kappa shape index (κ2) is 6.95. The molecule has 1 N–H and O–H groups in total. The fraction of sp³-hybridized carbons (Fsp3) is 0.227. The third kappa shape index (κ3) is 3.03. The molecule has 1 aliphatic rings. The van der Waals surface area contributed by atoms with E-state index in [1.807, 2.05) is 72.4 Å². The van der Waals surface area contributed by atoms with Crippen molar-refractivity contribution in [1.29, 1.82) is 0 Å². The summed E-state index contributed by atoms with van der Waals surface area (Å²) in [6, 6.07) is 17.8. The molecule has 0 aliphatic heterocycles. The lowest BCUT2D eigenvalue weighted by Gasteiger charge is -2.15. The Morgan fingerprint density at radius 2 is 1.86 bits per heavy atom. The Kier molecular flexibility index (Phi) is 4.28. The van der Waals surface area contributed by atoms with Crippen molar-refractivity contribution in [3.63, 3.8) is 0 Å². The third-order valence-corrected chi connectivity index (χ3v) is 6.52. The molecule has 0 unspecified atom stereocenters. The van der Waals surface area contributed by atoms with Crippen molar-refractivity contribution in [2.24, 2.45) is 7.05 Å². The van der Waals surface area contributed by atoms with Gasteiger partial charge in [0.25, 0.3) is 0 Å². The predicted molar refractivity (Wildman–Crippen MR) is 111 cm³/mol. The summed E-state index contributed by atoms with van der Waals surface area (Å²) < 4.78 is 2.04. The van der Waals surface area contributed by atoms with Gasteiger partial charge in [-0.1, -0.05) is 60.3 Å². The van der Waals surface area contributed by atoms with Crippen LogP contribution in [-0.4, -0.2) is 25.5 Å². The van der Waals surface area contributed by atoms with E-state index in [0.29, 0.717) is 11.5 Å². The molecule has 4 aromatic rings. The van der Waals surface area contributed by atoms with Gasteiger partial charge in [-0.3, -0.25) is 4.79 Å². The average molecular weight is 388 g/mol. The summed E-state index contributed by atoms with van der Waals surface area (Å²) in [5.41, 5.74) is 2.65. The van der Waals surface area contributed by atoms with Crippen LogP contribution >= 0.6 is 11.8 Å². The van der Waals surface area contributed by atoms with E-state index < -0.39 is 0 Å². The van der Waals surface area contributed by atoms with Crippen molar-refractivity contribution in [1.82, 2.24) is 19.7 Å². The Morgan fingerprint density at radius 3 is 2.64 bits per heavy atom. The molecule has 2 aromatic carbocycles. The first-order chi connectivity index (χ1) is 13.7. The van der Waals surface area contributed by atoms with Crippen LogP contribution in [0.4, 0.5) is 0 Å². The van der Waals surface area contributed by atoms with Gasteiger partial charge in [0.05, 0.1) is 0 Å². The Balaban J connectivity index is 1.54. The first kappa shape index (κ1) is 17.3. The molecule has 0 radical (unpaired) electrons. The lowest BCUT2D eigenvalue weighted by molar-refractivity contribution is 0.0991. The number of rotatable bonds is 6. The zero-order chi connectivity index (χ0) is 19.1. The van der Waals surface area contributed by atoms with Crippen LogP contribution in [0, 0.1) is 0 Å². The number of hydrogen-bond acceptors (Lipinski definition) is 4. The average Bonchev–Trinajstić information content (AvgIpc) is 3.38. The van der Waals surface area contributed by atoms with E-state index in [4.69, 9.17) is 0 Å². The van der Waals surface area contributed by atoms with E-state index in [-0.39, 0.29) is 11.0 Å². The molecule has 1 fully saturated rings. The minimum absolute atomic E-state index is 0.0737. The number of para-hydroxylation sites is 1. The third-order valence-electron chi connectivity index (χ3n) is 5.23. The molecule has 1 saturated carbocycles. The molecule has 2 aromatic heterocycles. The van der Waals surface area contributed by atoms with Gasteiger partial charge in [0.15, 0.2) is 10.9 Å². The summed E-state index contributed by atoms with van der Waals surface area (Å²) in [7, 11) is 1.99. The van der Waals surface area contributed by atoms with Gasteiger partial charge in [0, 0.05) is 35.6 Å². The second-order valence-electron chi connectivity index (χ2n) is 7.19. The smallest absolute Gasteiger partial charge is 0.192 e. The largest absolute Gasteiger partial charge is 0.360 e. The standard InChI is InChI=1S/C22H20N4OS/c1-26-21(15-11-12-15)24-25-22(26)28-20(14-7-3-2-4-8-14)19(27)17-13-23-18-10-6-5-9-16(17)18/h2-10,13,15,20,23H,11-12H2,1H3/t20-/m1/s1. The van der Waals surface area contributed by atoms with Gasteiger partial charge < -0.3 is 9.55 Å². The summed E-state index contributed by atoms with van der Waals surface area (Å²) in [5, 5.41) is 10.1. The number of fused-ring (bicyclic) bond motifs is 1. The van der Waals surface area contributed by atoms with Crippen LogP contribution < -0.4 is 0 Å². The fourth-order valence-electron chi connectivity index (χ4n) is 3.55. The molecule has 2 heterocycles. The lowest BCUT2D eigenvalue weighted by atomic mass is 10.0. The topological polar surface area (TPSA) is 63.6 Å². The zero-order valence-corrected chi connectivity index (χ0v) is 16.3. The minimum atomic E-state index is -0.379. The van der Waals surface area contributed by atoms with Gasteiger partial charge in [-0.15, -0.1) is 10.2 Å². The van der Waals surface area contributed by atoms with Gasteiger partial charge in [-0.2, -0.15) is 0 Å². The van der Waals surface area contributed by atoms with Gasteiger partial charge in [-0.05, 0) is 24.5 Å². The van der Waals surface area contributed by atoms with E-state index in [2.05, 4.69) is 15.2 Å². The molecule has 5 rings (SSSR count). The molecule has 0 bridgehead atoms. The molecule has 1 aliphatic carbocycles. The number of Topliss-reactive ketones (excluding diaryl/α,β-unsaturated/α-hetero) is 1. The Morgan fingerprint density at radius 1 is 1.11 bits per heavy atom. The highest BCUT2D eigenvalue weighted by Gasteiger charge is 2.32. The Bertz CT molecular complexity index is 1140. The van der Waals surface area contributed by atoms with Crippen molar-refractivity contribution >= 4 is 28.4 Å². The number of benzene rings is 2. The molecule has 0 spiro atoms. The summed E-state index contributed by atoms with van der Waals surface area (Å²) in [6.45, 7) is 0. The highest BCUT2D eigenvalue weighted by atomic mass is 32.2. The summed E-state index contributed by atoms with van der Waals surface area (Å²) in [6.07, 6.45) is 4.16. The fourth-order valence-corrected chi connectivity index (χ4v) is 4.63. The molecule has 1 atom stereocenters. The number of thioether (sulfide) groups is 1. The Hall–Kier alpha value is -2.86. The maximum Gasteiger partial charge on any atom is 0.192 e. The van der Waals surface area contributed by atoms with Gasteiger partial charge >= 0.3 is 0 Å². The van der Waals surface area contributed by atoms with E-state index in [1.165, 1.54) is 24.6 Å². The monoisotopic (exact) mass is 388 g/mol. The number of ketones is 1. The van der Waals surface area contributed by atoms with Crippen LogP contribution in [-0.2, 0) is 7.05 Å². The minimum Gasteiger partial charge on any atom is -0.360 e. The van der Waals surface area contributed by atoms with E-state index in [0.717, 1.165) is 27.4 Å². The van der Waals surface area contributed by atoms with Crippen LogP contribution in [0.1, 0.15) is 45.8 Å². The number of nitrogens with one attached hydrogen (secondary N) is 1. The van der Waals surface area contributed by atoms with Crippen molar-refractivity contribution in [3.8, 4) is 0 Å². The SMILES string of the molecule is Cn1c(S[C@@H](C(=O)c2c[nH]c3ccccc23)c2ccccc2)nnc1C1CC1. The lowest BCUT2D eigenvalue weighted by Crippen LogP contribution is -2.11. The molecular weight excluding hydrogens is 368 g/mol. The summed E-state index contributed by atoms with van der Waals surface area (Å²) in [4.78, 5) is 16.8. The van der Waals surface area contributed by atoms with Crippen LogP contribution in [0.3, 0.4) is 0 Å². The van der Waals surface area contributed by atoms with Gasteiger partial charge in [0.1, 0.15) is 11.1 Å². The highest BCUT2D eigenvalue weighted by Crippen LogP contribution is 2.42. The molecule has 140 valence electrons.